The highest BCUT2D eigenvalue weighted by Crippen LogP contribution is 2.41. The Hall–Kier alpha value is -3.47. The molecule has 1 fully saturated rings. The van der Waals surface area contributed by atoms with Gasteiger partial charge in [0.1, 0.15) is 11.3 Å². The van der Waals surface area contributed by atoms with Crippen molar-refractivity contribution in [3.63, 3.8) is 0 Å². The van der Waals surface area contributed by atoms with Crippen molar-refractivity contribution in [1.82, 2.24) is 19.6 Å². The predicted molar refractivity (Wildman–Crippen MR) is 113 cm³/mol. The van der Waals surface area contributed by atoms with Gasteiger partial charge in [-0.3, -0.25) is 20.0 Å². The Morgan fingerprint density at radius 1 is 1.22 bits per heavy atom. The monoisotopic (exact) mass is 459 g/mol. The number of H-pyrrole nitrogens is 1. The third-order valence-corrected chi connectivity index (χ3v) is 6.05. The minimum atomic E-state index is -4.76. The van der Waals surface area contributed by atoms with Crippen LogP contribution in [0.5, 0.6) is 0 Å². The first-order chi connectivity index (χ1) is 15.2. The molecule has 164 valence electrons. The SMILES string of the molecule is Cc1nc2c(-c3ccccc3)c(C(F)(F)F)[nH]n2c(=O)c1C(=O)Nc1nc(C2CC2)cs1. The van der Waals surface area contributed by atoms with Crippen LogP contribution in [0, 0.1) is 6.92 Å². The number of aromatic nitrogens is 4. The zero-order valence-electron chi connectivity index (χ0n) is 16.7. The molecule has 0 aliphatic heterocycles. The summed E-state index contributed by atoms with van der Waals surface area (Å²) in [5.41, 5.74) is -1.67. The molecule has 2 N–H and O–H groups in total. The lowest BCUT2D eigenvalue weighted by molar-refractivity contribution is -0.140. The van der Waals surface area contributed by atoms with Gasteiger partial charge in [-0.1, -0.05) is 30.3 Å². The van der Waals surface area contributed by atoms with Crippen molar-refractivity contribution < 1.29 is 18.0 Å². The second kappa shape index (κ2) is 7.30. The maximum absolute atomic E-state index is 13.8. The molecule has 5 rings (SSSR count). The van der Waals surface area contributed by atoms with Crippen molar-refractivity contribution in [2.45, 2.75) is 31.9 Å². The van der Waals surface area contributed by atoms with Crippen LogP contribution >= 0.6 is 11.3 Å². The lowest BCUT2D eigenvalue weighted by Gasteiger charge is -2.07. The topological polar surface area (TPSA) is 92.2 Å². The molecule has 1 aromatic carbocycles. The highest BCUT2D eigenvalue weighted by Gasteiger charge is 2.38. The van der Waals surface area contributed by atoms with E-state index in [-0.39, 0.29) is 28.0 Å². The fourth-order valence-electron chi connectivity index (χ4n) is 3.59. The zero-order valence-corrected chi connectivity index (χ0v) is 17.5. The highest BCUT2D eigenvalue weighted by atomic mass is 32.1. The maximum atomic E-state index is 13.8. The molecule has 0 spiro atoms. The summed E-state index contributed by atoms with van der Waals surface area (Å²) in [7, 11) is 0. The largest absolute Gasteiger partial charge is 0.433 e. The van der Waals surface area contributed by atoms with Gasteiger partial charge < -0.3 is 0 Å². The van der Waals surface area contributed by atoms with E-state index in [1.807, 2.05) is 5.38 Å². The Labute approximate surface area is 182 Å². The molecule has 3 heterocycles. The number of alkyl halides is 3. The number of aromatic amines is 1. The summed E-state index contributed by atoms with van der Waals surface area (Å²) >= 11 is 1.23. The number of nitrogens with zero attached hydrogens (tertiary/aromatic N) is 3. The zero-order chi connectivity index (χ0) is 22.6. The fourth-order valence-corrected chi connectivity index (χ4v) is 4.38. The number of hydrogen-bond donors (Lipinski definition) is 2. The van der Waals surface area contributed by atoms with E-state index < -0.39 is 23.3 Å². The molecule has 0 atom stereocenters. The molecule has 3 aromatic heterocycles. The lowest BCUT2D eigenvalue weighted by Crippen LogP contribution is -2.29. The quantitative estimate of drug-likeness (QED) is 0.467. The molecule has 32 heavy (non-hydrogen) atoms. The number of hydrogen-bond acceptors (Lipinski definition) is 5. The molecule has 0 saturated heterocycles. The number of rotatable bonds is 4. The van der Waals surface area contributed by atoms with Crippen LogP contribution in [0.2, 0.25) is 0 Å². The Kier molecular flexibility index (Phi) is 4.66. The molecule has 1 aliphatic carbocycles. The fraction of sp³-hybridized carbons (Fsp3) is 0.238. The van der Waals surface area contributed by atoms with Crippen molar-refractivity contribution in [3.05, 3.63) is 68.7 Å². The van der Waals surface area contributed by atoms with Crippen LogP contribution in [0.3, 0.4) is 0 Å². The van der Waals surface area contributed by atoms with Crippen molar-refractivity contribution >= 4 is 28.0 Å². The van der Waals surface area contributed by atoms with Crippen LogP contribution in [0.15, 0.2) is 40.5 Å². The smallest absolute Gasteiger partial charge is 0.298 e. The van der Waals surface area contributed by atoms with E-state index >= 15 is 0 Å². The minimum absolute atomic E-state index is 0.0244. The third-order valence-electron chi connectivity index (χ3n) is 5.27. The molecule has 4 aromatic rings. The van der Waals surface area contributed by atoms with E-state index in [0.29, 0.717) is 15.6 Å². The van der Waals surface area contributed by atoms with E-state index in [1.165, 1.54) is 30.4 Å². The average Bonchev–Trinajstić information content (AvgIpc) is 3.35. The maximum Gasteiger partial charge on any atom is 0.433 e. The first-order valence-electron chi connectivity index (χ1n) is 9.78. The number of halogens is 3. The summed E-state index contributed by atoms with van der Waals surface area (Å²) in [5, 5.41) is 6.85. The summed E-state index contributed by atoms with van der Waals surface area (Å²) in [6.07, 6.45) is -2.66. The van der Waals surface area contributed by atoms with Crippen molar-refractivity contribution in [2.24, 2.45) is 0 Å². The standard InChI is InChI=1S/C21H16F3N5O2S/c1-10-14(18(30)27-20-26-13(9-32-20)11-7-8-11)19(31)29-17(25-10)15(12-5-3-2-4-6-12)16(28-29)21(22,23)24/h2-6,9,11,28H,7-8H2,1H3,(H,26,27,30). The Balaban J connectivity index is 1.62. The van der Waals surface area contributed by atoms with E-state index in [1.54, 1.807) is 18.2 Å². The second-order valence-corrected chi connectivity index (χ2v) is 8.43. The van der Waals surface area contributed by atoms with Gasteiger partial charge in [0.2, 0.25) is 0 Å². The Morgan fingerprint density at radius 3 is 2.59 bits per heavy atom. The molecule has 11 heteroatoms. The minimum Gasteiger partial charge on any atom is -0.298 e. The number of nitrogens with one attached hydrogen (secondary N) is 2. The molecule has 1 aliphatic rings. The van der Waals surface area contributed by atoms with Gasteiger partial charge in [-0.05, 0) is 25.3 Å². The first kappa shape index (κ1) is 20.4. The predicted octanol–water partition coefficient (Wildman–Crippen LogP) is 4.60. The second-order valence-electron chi connectivity index (χ2n) is 7.57. The van der Waals surface area contributed by atoms with Crippen LogP contribution in [-0.4, -0.2) is 25.5 Å². The summed E-state index contributed by atoms with van der Waals surface area (Å²) in [5.74, 6) is -0.367. The van der Waals surface area contributed by atoms with E-state index in [0.717, 1.165) is 18.5 Å². The van der Waals surface area contributed by atoms with Crippen molar-refractivity contribution in [1.29, 1.82) is 0 Å². The van der Waals surface area contributed by atoms with Gasteiger partial charge in [0.15, 0.2) is 10.8 Å². The lowest BCUT2D eigenvalue weighted by atomic mass is 10.1. The molecule has 7 nitrogen and oxygen atoms in total. The van der Waals surface area contributed by atoms with Gasteiger partial charge >= 0.3 is 6.18 Å². The number of benzene rings is 1. The summed E-state index contributed by atoms with van der Waals surface area (Å²) in [6.45, 7) is 1.42. The van der Waals surface area contributed by atoms with E-state index in [9.17, 15) is 22.8 Å². The first-order valence-corrected chi connectivity index (χ1v) is 10.7. The van der Waals surface area contributed by atoms with Gasteiger partial charge in [0.05, 0.1) is 17.0 Å². The number of carbonyl (C=O) groups is 1. The van der Waals surface area contributed by atoms with E-state index in [2.05, 4.69) is 20.4 Å². The van der Waals surface area contributed by atoms with Gasteiger partial charge in [0, 0.05) is 11.3 Å². The molecule has 0 radical (unpaired) electrons. The molecule has 0 bridgehead atoms. The number of anilines is 1. The van der Waals surface area contributed by atoms with Crippen LogP contribution in [-0.2, 0) is 6.18 Å². The summed E-state index contributed by atoms with van der Waals surface area (Å²) in [6, 6.07) is 7.86. The van der Waals surface area contributed by atoms with Crippen molar-refractivity contribution in [3.8, 4) is 11.1 Å². The van der Waals surface area contributed by atoms with E-state index in [4.69, 9.17) is 0 Å². The summed E-state index contributed by atoms with van der Waals surface area (Å²) in [4.78, 5) is 34.5. The van der Waals surface area contributed by atoms with Crippen molar-refractivity contribution in [2.75, 3.05) is 5.32 Å². The van der Waals surface area contributed by atoms with Crippen LogP contribution in [0.25, 0.3) is 16.8 Å². The Morgan fingerprint density at radius 2 is 1.94 bits per heavy atom. The van der Waals surface area contributed by atoms with Gasteiger partial charge in [-0.25, -0.2) is 9.97 Å². The third kappa shape index (κ3) is 3.48. The van der Waals surface area contributed by atoms with Crippen LogP contribution < -0.4 is 10.9 Å². The van der Waals surface area contributed by atoms with Gasteiger partial charge in [-0.2, -0.15) is 17.7 Å². The molecule has 1 amide bonds. The normalized spacial score (nSPS) is 14.1. The Bertz CT molecular complexity index is 1400. The highest BCUT2D eigenvalue weighted by molar-refractivity contribution is 7.14. The molecule has 1 saturated carbocycles. The molecule has 0 unspecified atom stereocenters. The molecular formula is C21H16F3N5O2S. The molecular weight excluding hydrogens is 443 g/mol. The van der Waals surface area contributed by atoms with Crippen LogP contribution in [0.1, 0.15) is 46.2 Å². The van der Waals surface area contributed by atoms with Gasteiger partial charge in [0.25, 0.3) is 11.5 Å². The summed E-state index contributed by atoms with van der Waals surface area (Å²) < 4.78 is 42.0. The number of aryl methyl sites for hydroxylation is 1. The number of thiazole rings is 1. The number of carbonyl (C=O) groups excluding carboxylic acids is 1. The average molecular weight is 459 g/mol. The number of amides is 1. The van der Waals surface area contributed by atoms with Crippen LogP contribution in [0.4, 0.5) is 18.3 Å². The number of fused-ring (bicyclic) bond motifs is 1. The van der Waals surface area contributed by atoms with Gasteiger partial charge in [-0.15, -0.1) is 11.3 Å².